The van der Waals surface area contributed by atoms with E-state index in [1.165, 1.54) is 0 Å². The van der Waals surface area contributed by atoms with Crippen LogP contribution >= 0.6 is 0 Å². The number of hydrogen-bond donors (Lipinski definition) is 1. The fourth-order valence-electron chi connectivity index (χ4n) is 1.22. The molecule has 0 saturated carbocycles. The molecule has 0 spiro atoms. The maximum Gasteiger partial charge on any atom is 0.155 e. The van der Waals surface area contributed by atoms with E-state index >= 15 is 0 Å². The van der Waals surface area contributed by atoms with Crippen molar-refractivity contribution in [3.63, 3.8) is 0 Å². The lowest BCUT2D eigenvalue weighted by Crippen LogP contribution is -2.35. The van der Waals surface area contributed by atoms with E-state index in [-0.39, 0.29) is 23.7 Å². The Morgan fingerprint density at radius 2 is 1.56 bits per heavy atom. The van der Waals surface area contributed by atoms with Crippen LogP contribution in [-0.2, 0) is 9.84 Å². The average Bonchev–Trinajstić information content (AvgIpc) is 2.12. The molecule has 1 unspecified atom stereocenters. The second-order valence-corrected chi connectivity index (χ2v) is 9.01. The summed E-state index contributed by atoms with van der Waals surface area (Å²) in [6.07, 6.45) is 0.515. The van der Waals surface area contributed by atoms with Crippen LogP contribution < -0.4 is 0 Å². The van der Waals surface area contributed by atoms with Crippen molar-refractivity contribution in [1.82, 2.24) is 0 Å². The molecule has 0 radical (unpaired) electrons. The van der Waals surface area contributed by atoms with Crippen molar-refractivity contribution in [2.24, 2.45) is 11.3 Å². The van der Waals surface area contributed by atoms with Gasteiger partial charge in [-0.15, -0.1) is 0 Å². The van der Waals surface area contributed by atoms with E-state index in [4.69, 9.17) is 0 Å². The molecule has 0 fully saturated rings. The molecule has 0 bridgehead atoms. The smallest absolute Gasteiger partial charge is 0.155 e. The van der Waals surface area contributed by atoms with Gasteiger partial charge in [0.1, 0.15) is 0 Å². The number of aliphatic hydroxyl groups is 1. The van der Waals surface area contributed by atoms with Crippen LogP contribution in [0.3, 0.4) is 0 Å². The predicted molar refractivity (Wildman–Crippen MR) is 68.2 cm³/mol. The monoisotopic (exact) mass is 250 g/mol. The minimum absolute atomic E-state index is 0.0321. The minimum Gasteiger partial charge on any atom is -0.396 e. The highest BCUT2D eigenvalue weighted by atomic mass is 32.2. The number of aliphatic hydroxyl groups excluding tert-OH is 1. The van der Waals surface area contributed by atoms with Crippen LogP contribution in [0.15, 0.2) is 0 Å². The van der Waals surface area contributed by atoms with Crippen LogP contribution in [0.25, 0.3) is 0 Å². The van der Waals surface area contributed by atoms with Crippen LogP contribution in [0.1, 0.15) is 48.0 Å². The minimum atomic E-state index is -3.09. The molecule has 0 saturated heterocycles. The average molecular weight is 250 g/mol. The van der Waals surface area contributed by atoms with Crippen molar-refractivity contribution >= 4 is 9.84 Å². The molecule has 0 aromatic carbocycles. The van der Waals surface area contributed by atoms with E-state index in [9.17, 15) is 13.5 Å². The first-order chi connectivity index (χ1) is 6.96. The van der Waals surface area contributed by atoms with Gasteiger partial charge in [0, 0.05) is 6.61 Å². The van der Waals surface area contributed by atoms with Crippen LogP contribution in [0.2, 0.25) is 0 Å². The molecule has 0 rings (SSSR count). The summed E-state index contributed by atoms with van der Waals surface area (Å²) in [6.45, 7) is 11.1. The second-order valence-electron chi connectivity index (χ2n) is 6.15. The van der Waals surface area contributed by atoms with E-state index < -0.39 is 14.6 Å². The number of rotatable bonds is 5. The molecule has 0 heterocycles. The zero-order valence-corrected chi connectivity index (χ0v) is 12.2. The molecular weight excluding hydrogens is 224 g/mol. The van der Waals surface area contributed by atoms with Gasteiger partial charge in [0.2, 0.25) is 0 Å². The van der Waals surface area contributed by atoms with Crippen molar-refractivity contribution in [2.75, 3.05) is 12.4 Å². The van der Waals surface area contributed by atoms with Gasteiger partial charge in [0.15, 0.2) is 9.84 Å². The third kappa shape index (κ3) is 3.74. The highest BCUT2D eigenvalue weighted by Crippen LogP contribution is 2.32. The molecule has 0 aliphatic heterocycles. The summed E-state index contributed by atoms with van der Waals surface area (Å²) in [5.41, 5.74) is -0.307. The molecule has 1 N–H and O–H groups in total. The van der Waals surface area contributed by atoms with E-state index in [1.807, 2.05) is 20.8 Å². The summed E-state index contributed by atoms with van der Waals surface area (Å²) < 4.78 is 23.2. The van der Waals surface area contributed by atoms with E-state index in [2.05, 4.69) is 0 Å². The first-order valence-electron chi connectivity index (χ1n) is 5.79. The normalized spacial score (nSPS) is 17.5. The Kier molecular flexibility index (Phi) is 5.02. The van der Waals surface area contributed by atoms with Crippen molar-refractivity contribution in [1.29, 1.82) is 0 Å². The summed E-state index contributed by atoms with van der Waals surface area (Å²) >= 11 is 0. The zero-order valence-electron chi connectivity index (χ0n) is 11.4. The number of sulfone groups is 1. The lowest BCUT2D eigenvalue weighted by molar-refractivity contribution is 0.0913. The van der Waals surface area contributed by atoms with Crippen molar-refractivity contribution in [2.45, 2.75) is 52.7 Å². The maximum atomic E-state index is 12.0. The highest BCUT2D eigenvalue weighted by molar-refractivity contribution is 7.92. The molecule has 0 aliphatic carbocycles. The summed E-state index contributed by atoms with van der Waals surface area (Å²) in [6, 6.07) is 0. The lowest BCUT2D eigenvalue weighted by Gasteiger charge is -2.32. The Labute approximate surface area is 100 Å². The molecular formula is C12H26O3S. The fourth-order valence-corrected chi connectivity index (χ4v) is 2.57. The Morgan fingerprint density at radius 1 is 1.12 bits per heavy atom. The van der Waals surface area contributed by atoms with Crippen LogP contribution in [0.5, 0.6) is 0 Å². The molecule has 0 amide bonds. The third-order valence-corrected chi connectivity index (χ3v) is 6.24. The molecule has 98 valence electrons. The molecule has 3 nitrogen and oxygen atoms in total. The number of hydrogen-bond acceptors (Lipinski definition) is 3. The summed E-state index contributed by atoms with van der Waals surface area (Å²) in [7, 11) is -3.09. The van der Waals surface area contributed by atoms with Crippen LogP contribution in [0, 0.1) is 11.3 Å². The van der Waals surface area contributed by atoms with Crippen molar-refractivity contribution < 1.29 is 13.5 Å². The van der Waals surface area contributed by atoms with Crippen LogP contribution in [0.4, 0.5) is 0 Å². The molecule has 16 heavy (non-hydrogen) atoms. The predicted octanol–water partition coefficient (Wildman–Crippen LogP) is 2.24. The first-order valence-corrected chi connectivity index (χ1v) is 7.45. The standard InChI is InChI=1S/C12H26O3S/c1-10(2)12(6,9-13)7-8-16(14,15)11(3,4)5/h10,13H,7-9H2,1-6H3. The molecule has 4 heteroatoms. The molecule has 1 atom stereocenters. The lowest BCUT2D eigenvalue weighted by atomic mass is 9.78. The summed E-state index contributed by atoms with van der Waals surface area (Å²) in [5.74, 6) is 0.416. The third-order valence-electron chi connectivity index (χ3n) is 3.63. The van der Waals surface area contributed by atoms with Gasteiger partial charge in [-0.25, -0.2) is 8.42 Å². The summed E-state index contributed by atoms with van der Waals surface area (Å²) in [4.78, 5) is 0. The Bertz CT molecular complexity index is 312. The molecule has 0 aliphatic rings. The largest absolute Gasteiger partial charge is 0.396 e. The van der Waals surface area contributed by atoms with Gasteiger partial charge in [-0.05, 0) is 38.5 Å². The summed E-state index contributed by atoms with van der Waals surface area (Å²) in [5, 5.41) is 9.36. The van der Waals surface area contributed by atoms with Crippen molar-refractivity contribution in [3.8, 4) is 0 Å². The van der Waals surface area contributed by atoms with Gasteiger partial charge in [-0.1, -0.05) is 20.8 Å². The van der Waals surface area contributed by atoms with E-state index in [0.29, 0.717) is 6.42 Å². The van der Waals surface area contributed by atoms with E-state index in [1.54, 1.807) is 20.8 Å². The molecule has 0 aromatic heterocycles. The van der Waals surface area contributed by atoms with Gasteiger partial charge >= 0.3 is 0 Å². The zero-order chi connectivity index (χ0) is 13.2. The van der Waals surface area contributed by atoms with Gasteiger partial charge in [-0.2, -0.15) is 0 Å². The topological polar surface area (TPSA) is 54.4 Å². The van der Waals surface area contributed by atoms with Crippen molar-refractivity contribution in [3.05, 3.63) is 0 Å². The first kappa shape index (κ1) is 15.9. The van der Waals surface area contributed by atoms with E-state index in [0.717, 1.165) is 0 Å². The quantitative estimate of drug-likeness (QED) is 0.814. The highest BCUT2D eigenvalue weighted by Gasteiger charge is 2.34. The maximum absolute atomic E-state index is 12.0. The van der Waals surface area contributed by atoms with Gasteiger partial charge in [0.05, 0.1) is 10.5 Å². The van der Waals surface area contributed by atoms with Gasteiger partial charge < -0.3 is 5.11 Å². The van der Waals surface area contributed by atoms with Crippen LogP contribution in [-0.4, -0.2) is 30.6 Å². The Hall–Kier alpha value is -0.0900. The SMILES string of the molecule is CC(C)C(C)(CO)CCS(=O)(=O)C(C)(C)C. The van der Waals surface area contributed by atoms with Gasteiger partial charge in [0.25, 0.3) is 0 Å². The second kappa shape index (κ2) is 5.05. The Morgan fingerprint density at radius 3 is 1.81 bits per heavy atom. The van der Waals surface area contributed by atoms with Gasteiger partial charge in [-0.3, -0.25) is 0 Å². The molecule has 0 aromatic rings. The Balaban J connectivity index is 4.69. The fraction of sp³-hybridized carbons (Fsp3) is 1.00.